The molecule has 9 heteroatoms. The highest BCUT2D eigenvalue weighted by atomic mass is 32.2. The number of nitrogens with zero attached hydrogens (tertiary/aromatic N) is 2. The number of hydrogen-bond donors (Lipinski definition) is 2. The third-order valence-corrected chi connectivity index (χ3v) is 4.22. The van der Waals surface area contributed by atoms with Gasteiger partial charge in [-0.25, -0.2) is 13.6 Å². The Morgan fingerprint density at radius 3 is 2.69 bits per heavy atom. The van der Waals surface area contributed by atoms with Crippen LogP contribution in [0.5, 0.6) is 0 Å². The Bertz CT molecular complexity index is 505. The van der Waals surface area contributed by atoms with Gasteiger partial charge < -0.3 is 5.32 Å². The van der Waals surface area contributed by atoms with Crippen molar-refractivity contribution in [2.45, 2.75) is 23.6 Å². The standard InChI is InChI=1S/C7H10N4O3S2/c8-16(13,14)7-11-10-6(15-7)9-5(12)3-4-1-2-4/h4H,1-3H2,(H2,8,13,14)(H,9,10,12). The molecule has 1 aliphatic rings. The number of nitrogens with one attached hydrogen (secondary N) is 1. The van der Waals surface area contributed by atoms with Crippen LogP contribution < -0.4 is 10.5 Å². The highest BCUT2D eigenvalue weighted by Gasteiger charge is 2.25. The van der Waals surface area contributed by atoms with E-state index in [0.29, 0.717) is 12.3 Å². The number of carbonyl (C=O) groups excluding carboxylic acids is 1. The van der Waals surface area contributed by atoms with Gasteiger partial charge in [0, 0.05) is 6.42 Å². The molecule has 1 saturated carbocycles. The molecular formula is C7H10N4O3S2. The van der Waals surface area contributed by atoms with Gasteiger partial charge in [-0.05, 0) is 18.8 Å². The average Bonchev–Trinajstić information content (AvgIpc) is 2.80. The van der Waals surface area contributed by atoms with Crippen molar-refractivity contribution in [2.75, 3.05) is 5.32 Å². The molecule has 1 fully saturated rings. The summed E-state index contributed by atoms with van der Waals surface area (Å²) in [6.45, 7) is 0. The second kappa shape index (κ2) is 4.07. The summed E-state index contributed by atoms with van der Waals surface area (Å²) in [4.78, 5) is 11.4. The van der Waals surface area contributed by atoms with E-state index in [2.05, 4.69) is 15.5 Å². The lowest BCUT2D eigenvalue weighted by molar-refractivity contribution is -0.116. The normalized spacial score (nSPS) is 16.1. The SMILES string of the molecule is NS(=O)(=O)c1nnc(NC(=O)CC2CC2)s1. The molecule has 2 rings (SSSR count). The van der Waals surface area contributed by atoms with Crippen molar-refractivity contribution in [1.29, 1.82) is 0 Å². The maximum atomic E-state index is 11.4. The Labute approximate surface area is 96.1 Å². The van der Waals surface area contributed by atoms with Gasteiger partial charge in [-0.3, -0.25) is 4.79 Å². The monoisotopic (exact) mass is 262 g/mol. The number of primary sulfonamides is 1. The van der Waals surface area contributed by atoms with Gasteiger partial charge >= 0.3 is 0 Å². The number of aromatic nitrogens is 2. The van der Waals surface area contributed by atoms with E-state index in [1.807, 2.05) is 0 Å². The van der Waals surface area contributed by atoms with Crippen LogP contribution in [0.25, 0.3) is 0 Å². The molecule has 3 N–H and O–H groups in total. The molecule has 0 spiro atoms. The summed E-state index contributed by atoms with van der Waals surface area (Å²) in [6.07, 6.45) is 2.60. The quantitative estimate of drug-likeness (QED) is 0.737. The molecule has 16 heavy (non-hydrogen) atoms. The molecule has 1 aliphatic carbocycles. The van der Waals surface area contributed by atoms with E-state index in [9.17, 15) is 13.2 Å². The van der Waals surface area contributed by atoms with Gasteiger partial charge in [0.25, 0.3) is 10.0 Å². The fourth-order valence-corrected chi connectivity index (χ4v) is 2.48. The fraction of sp³-hybridized carbons (Fsp3) is 0.571. The minimum Gasteiger partial charge on any atom is -0.300 e. The van der Waals surface area contributed by atoms with E-state index < -0.39 is 10.0 Å². The van der Waals surface area contributed by atoms with E-state index in [1.165, 1.54) is 0 Å². The minimum atomic E-state index is -3.83. The third kappa shape index (κ3) is 2.97. The van der Waals surface area contributed by atoms with Gasteiger partial charge in [0.05, 0.1) is 0 Å². The number of carbonyl (C=O) groups is 1. The van der Waals surface area contributed by atoms with Crippen LogP contribution in [0.2, 0.25) is 0 Å². The molecule has 1 heterocycles. The van der Waals surface area contributed by atoms with E-state index in [-0.39, 0.29) is 15.4 Å². The van der Waals surface area contributed by atoms with Crippen LogP contribution in [0, 0.1) is 5.92 Å². The summed E-state index contributed by atoms with van der Waals surface area (Å²) in [5.74, 6) is 0.297. The lowest BCUT2D eigenvalue weighted by Crippen LogP contribution is -2.11. The first kappa shape index (κ1) is 11.4. The van der Waals surface area contributed by atoms with E-state index in [1.54, 1.807) is 0 Å². The zero-order valence-electron chi connectivity index (χ0n) is 8.21. The molecule has 0 aliphatic heterocycles. The molecule has 0 radical (unpaired) electrons. The molecule has 0 atom stereocenters. The topological polar surface area (TPSA) is 115 Å². The van der Waals surface area contributed by atoms with Crippen molar-refractivity contribution < 1.29 is 13.2 Å². The van der Waals surface area contributed by atoms with Gasteiger partial charge in [0.15, 0.2) is 0 Å². The maximum absolute atomic E-state index is 11.4. The minimum absolute atomic E-state index is 0.162. The first-order chi connectivity index (χ1) is 7.45. The van der Waals surface area contributed by atoms with Crippen molar-refractivity contribution in [1.82, 2.24) is 10.2 Å². The van der Waals surface area contributed by atoms with Gasteiger partial charge in [0.2, 0.25) is 15.4 Å². The lowest BCUT2D eigenvalue weighted by atomic mass is 10.3. The van der Waals surface area contributed by atoms with Crippen molar-refractivity contribution in [3.8, 4) is 0 Å². The highest BCUT2D eigenvalue weighted by Crippen LogP contribution is 2.32. The molecule has 1 aromatic rings. The number of rotatable bonds is 4. The summed E-state index contributed by atoms with van der Waals surface area (Å²) < 4.78 is 21.5. The van der Waals surface area contributed by atoms with Gasteiger partial charge in [0.1, 0.15) is 0 Å². The summed E-state index contributed by atoms with van der Waals surface area (Å²) >= 11 is 0.749. The molecule has 0 unspecified atom stereocenters. The second-order valence-electron chi connectivity index (χ2n) is 3.61. The van der Waals surface area contributed by atoms with Crippen LogP contribution in [0.15, 0.2) is 4.34 Å². The summed E-state index contributed by atoms with van der Waals surface area (Å²) in [5.41, 5.74) is 0. The molecule has 0 aromatic carbocycles. The molecule has 7 nitrogen and oxygen atoms in total. The molecule has 1 aromatic heterocycles. The molecule has 1 amide bonds. The third-order valence-electron chi connectivity index (χ3n) is 2.07. The van der Waals surface area contributed by atoms with Crippen LogP contribution >= 0.6 is 11.3 Å². The number of sulfonamides is 1. The zero-order chi connectivity index (χ0) is 11.8. The van der Waals surface area contributed by atoms with Crippen molar-refractivity contribution in [3.05, 3.63) is 0 Å². The van der Waals surface area contributed by atoms with Gasteiger partial charge in [-0.15, -0.1) is 10.2 Å². The van der Waals surface area contributed by atoms with E-state index in [4.69, 9.17) is 5.14 Å². The summed E-state index contributed by atoms with van der Waals surface area (Å²) in [7, 11) is -3.83. The van der Waals surface area contributed by atoms with Gasteiger partial charge in [-0.2, -0.15) is 0 Å². The molecule has 0 saturated heterocycles. The van der Waals surface area contributed by atoms with Crippen molar-refractivity contribution in [2.24, 2.45) is 11.1 Å². The zero-order valence-corrected chi connectivity index (χ0v) is 9.84. The summed E-state index contributed by atoms with van der Waals surface area (Å²) in [6, 6.07) is 0. The Hall–Kier alpha value is -1.06. The number of nitrogens with two attached hydrogens (primary N) is 1. The highest BCUT2D eigenvalue weighted by molar-refractivity contribution is 7.91. The Balaban J connectivity index is 1.99. The lowest BCUT2D eigenvalue weighted by Gasteiger charge is -1.97. The smallest absolute Gasteiger partial charge is 0.267 e. The van der Waals surface area contributed by atoms with E-state index in [0.717, 1.165) is 24.2 Å². The van der Waals surface area contributed by atoms with Crippen LogP contribution in [-0.2, 0) is 14.8 Å². The Morgan fingerprint density at radius 1 is 1.50 bits per heavy atom. The average molecular weight is 262 g/mol. The van der Waals surface area contributed by atoms with Gasteiger partial charge in [-0.1, -0.05) is 11.3 Å². The Kier molecular flexibility index (Phi) is 2.91. The van der Waals surface area contributed by atoms with Crippen molar-refractivity contribution >= 4 is 32.4 Å². The molecular weight excluding hydrogens is 252 g/mol. The van der Waals surface area contributed by atoms with Crippen LogP contribution in [0.1, 0.15) is 19.3 Å². The van der Waals surface area contributed by atoms with E-state index >= 15 is 0 Å². The Morgan fingerprint density at radius 2 is 2.19 bits per heavy atom. The first-order valence-electron chi connectivity index (χ1n) is 4.61. The number of amides is 1. The predicted molar refractivity (Wildman–Crippen MR) is 57.3 cm³/mol. The van der Waals surface area contributed by atoms with Crippen molar-refractivity contribution in [3.63, 3.8) is 0 Å². The second-order valence-corrected chi connectivity index (χ2v) is 6.33. The number of anilines is 1. The first-order valence-corrected chi connectivity index (χ1v) is 6.97. The largest absolute Gasteiger partial charge is 0.300 e. The fourth-order valence-electron chi connectivity index (χ4n) is 1.13. The predicted octanol–water partition coefficient (Wildman–Crippen LogP) is -0.0759. The summed E-state index contributed by atoms with van der Waals surface area (Å²) in [5, 5.41) is 14.4. The molecule has 0 bridgehead atoms. The maximum Gasteiger partial charge on any atom is 0.267 e. The molecule has 88 valence electrons. The number of hydrogen-bond acceptors (Lipinski definition) is 6. The van der Waals surface area contributed by atoms with Crippen LogP contribution in [-0.4, -0.2) is 24.5 Å². The van der Waals surface area contributed by atoms with Crippen LogP contribution in [0.3, 0.4) is 0 Å². The van der Waals surface area contributed by atoms with Crippen LogP contribution in [0.4, 0.5) is 5.13 Å².